The maximum Gasteiger partial charge on any atom is 0.250 e. The molecule has 202 valence electrons. The number of anilines is 2. The lowest BCUT2D eigenvalue weighted by Gasteiger charge is -2.44. The van der Waals surface area contributed by atoms with Gasteiger partial charge in [0.2, 0.25) is 11.8 Å². The normalized spacial score (nSPS) is 17.4. The summed E-state index contributed by atoms with van der Waals surface area (Å²) in [5.74, 6) is -0.345. The lowest BCUT2D eigenvalue weighted by Crippen LogP contribution is -2.57. The van der Waals surface area contributed by atoms with Gasteiger partial charge in [-0.25, -0.2) is 0 Å². The van der Waals surface area contributed by atoms with Crippen molar-refractivity contribution in [3.05, 3.63) is 96.1 Å². The molecule has 0 aromatic heterocycles. The molecule has 2 aliphatic heterocycles. The van der Waals surface area contributed by atoms with Crippen LogP contribution >= 0.6 is 0 Å². The molecule has 3 aromatic rings. The van der Waals surface area contributed by atoms with Gasteiger partial charge < -0.3 is 20.0 Å². The van der Waals surface area contributed by atoms with Gasteiger partial charge in [-0.1, -0.05) is 73.2 Å². The largest absolute Gasteiger partial charge is 0.342 e. The smallest absolute Gasteiger partial charge is 0.250 e. The van der Waals surface area contributed by atoms with E-state index >= 15 is 0 Å². The van der Waals surface area contributed by atoms with Gasteiger partial charge in [0.1, 0.15) is 12.1 Å². The number of likely N-dealkylation sites (tertiary alicyclic amines) is 1. The summed E-state index contributed by atoms with van der Waals surface area (Å²) in [5.41, 5.74) is 3.02. The lowest BCUT2D eigenvalue weighted by atomic mass is 9.84. The molecule has 1 unspecified atom stereocenters. The van der Waals surface area contributed by atoms with Gasteiger partial charge in [0.15, 0.2) is 0 Å². The zero-order valence-corrected chi connectivity index (χ0v) is 22.7. The third-order valence-electron chi connectivity index (χ3n) is 8.06. The van der Waals surface area contributed by atoms with Gasteiger partial charge in [0, 0.05) is 24.5 Å². The van der Waals surface area contributed by atoms with E-state index in [1.54, 1.807) is 4.90 Å². The number of benzene rings is 3. The number of rotatable bonds is 7. The number of carbonyl (C=O) groups excluding carboxylic acids is 3. The van der Waals surface area contributed by atoms with Crippen molar-refractivity contribution in [2.24, 2.45) is 0 Å². The predicted molar refractivity (Wildman–Crippen MR) is 153 cm³/mol. The maximum absolute atomic E-state index is 14.0. The molecule has 1 N–H and O–H groups in total. The van der Waals surface area contributed by atoms with Crippen molar-refractivity contribution in [1.29, 1.82) is 0 Å². The molecule has 0 bridgehead atoms. The van der Waals surface area contributed by atoms with Crippen molar-refractivity contribution in [2.45, 2.75) is 44.6 Å². The fourth-order valence-corrected chi connectivity index (χ4v) is 5.89. The lowest BCUT2D eigenvalue weighted by molar-refractivity contribution is -0.140. The van der Waals surface area contributed by atoms with E-state index in [0.717, 1.165) is 23.2 Å². The van der Waals surface area contributed by atoms with Gasteiger partial charge in [0.05, 0.1) is 12.6 Å². The fourth-order valence-electron chi connectivity index (χ4n) is 5.89. The first-order valence-electron chi connectivity index (χ1n) is 13.7. The summed E-state index contributed by atoms with van der Waals surface area (Å²) >= 11 is 0. The van der Waals surface area contributed by atoms with Crippen LogP contribution in [0.15, 0.2) is 84.9 Å². The van der Waals surface area contributed by atoms with Gasteiger partial charge in [-0.15, -0.1) is 0 Å². The van der Waals surface area contributed by atoms with Gasteiger partial charge in [-0.3, -0.25) is 14.4 Å². The average molecular weight is 525 g/mol. The number of carbonyl (C=O) groups is 3. The molecular weight excluding hydrogens is 488 g/mol. The van der Waals surface area contributed by atoms with E-state index in [-0.39, 0.29) is 30.2 Å². The van der Waals surface area contributed by atoms with Crippen LogP contribution in [0.25, 0.3) is 0 Å². The van der Waals surface area contributed by atoms with Crippen molar-refractivity contribution in [1.82, 2.24) is 9.80 Å². The Morgan fingerprint density at radius 3 is 2.13 bits per heavy atom. The zero-order valence-electron chi connectivity index (χ0n) is 22.7. The maximum atomic E-state index is 14.0. The number of amides is 3. The second-order valence-electron chi connectivity index (χ2n) is 10.6. The van der Waals surface area contributed by atoms with Crippen molar-refractivity contribution < 1.29 is 14.4 Å². The Kier molecular flexibility index (Phi) is 7.68. The molecule has 3 amide bonds. The van der Waals surface area contributed by atoms with Crippen LogP contribution in [0, 0.1) is 6.92 Å². The first-order chi connectivity index (χ1) is 18.9. The summed E-state index contributed by atoms with van der Waals surface area (Å²) in [6.07, 6.45) is 1.77. The van der Waals surface area contributed by atoms with Crippen molar-refractivity contribution in [3.63, 3.8) is 0 Å². The highest BCUT2D eigenvalue weighted by Gasteiger charge is 2.54. The highest BCUT2D eigenvalue weighted by atomic mass is 16.2. The Hall–Kier alpha value is -4.13. The molecular formula is C32H36N4O3. The third-order valence-corrected chi connectivity index (χ3v) is 8.06. The van der Waals surface area contributed by atoms with Crippen LogP contribution in [0.4, 0.5) is 11.4 Å². The molecule has 0 radical (unpaired) electrons. The highest BCUT2D eigenvalue weighted by Crippen LogP contribution is 2.40. The molecule has 7 heteroatoms. The summed E-state index contributed by atoms with van der Waals surface area (Å²) < 4.78 is 0. The van der Waals surface area contributed by atoms with E-state index < -0.39 is 5.54 Å². The Balaban J connectivity index is 1.32. The zero-order chi connectivity index (χ0) is 27.4. The van der Waals surface area contributed by atoms with Crippen LogP contribution in [0.5, 0.6) is 0 Å². The molecule has 0 aliphatic carbocycles. The minimum absolute atomic E-state index is 0.0215. The van der Waals surface area contributed by atoms with E-state index in [1.807, 2.05) is 104 Å². The van der Waals surface area contributed by atoms with Gasteiger partial charge >= 0.3 is 0 Å². The van der Waals surface area contributed by atoms with E-state index in [1.165, 1.54) is 0 Å². The standard InChI is InChI=1S/C32H36N4O3/c1-3-28(25-10-6-4-7-11-25)30(38)34-20-18-32(19-21-34)31(39)35(23-36(32)27-12-8-5-9-13-27)22-29(37)33-26-16-14-24(2)15-17-26/h4-17,28H,3,18-23H2,1-2H3,(H,33,37). The minimum atomic E-state index is -0.781. The van der Waals surface area contributed by atoms with Crippen LogP contribution in [0.2, 0.25) is 0 Å². The molecule has 5 rings (SSSR count). The molecule has 0 saturated carbocycles. The summed E-state index contributed by atoms with van der Waals surface area (Å²) in [7, 11) is 0. The molecule has 2 fully saturated rings. The molecule has 2 saturated heterocycles. The highest BCUT2D eigenvalue weighted by molar-refractivity contribution is 5.99. The third kappa shape index (κ3) is 5.39. The molecule has 1 spiro atoms. The molecule has 1 atom stereocenters. The number of hydrogen-bond acceptors (Lipinski definition) is 4. The van der Waals surface area contributed by atoms with E-state index in [4.69, 9.17) is 0 Å². The quantitative estimate of drug-likeness (QED) is 0.482. The second-order valence-corrected chi connectivity index (χ2v) is 10.6. The number of nitrogens with one attached hydrogen (secondary N) is 1. The van der Waals surface area contributed by atoms with Crippen LogP contribution in [-0.2, 0) is 14.4 Å². The van der Waals surface area contributed by atoms with Crippen molar-refractivity contribution in [2.75, 3.05) is 36.5 Å². The molecule has 2 heterocycles. The van der Waals surface area contributed by atoms with Crippen LogP contribution in [-0.4, -0.2) is 59.4 Å². The van der Waals surface area contributed by atoms with Crippen LogP contribution in [0.1, 0.15) is 43.2 Å². The van der Waals surface area contributed by atoms with Gasteiger partial charge in [-0.2, -0.15) is 0 Å². The Morgan fingerprint density at radius 1 is 0.897 bits per heavy atom. The summed E-state index contributed by atoms with van der Waals surface area (Å²) in [5, 5.41) is 2.91. The number of para-hydroxylation sites is 1. The summed E-state index contributed by atoms with van der Waals surface area (Å²) in [6, 6.07) is 27.4. The van der Waals surface area contributed by atoms with E-state index in [0.29, 0.717) is 38.3 Å². The number of hydrogen-bond donors (Lipinski definition) is 1. The van der Waals surface area contributed by atoms with Crippen LogP contribution in [0.3, 0.4) is 0 Å². The summed E-state index contributed by atoms with van der Waals surface area (Å²) in [4.78, 5) is 46.1. The van der Waals surface area contributed by atoms with Crippen molar-refractivity contribution in [3.8, 4) is 0 Å². The summed E-state index contributed by atoms with van der Waals surface area (Å²) in [6.45, 7) is 5.35. The first-order valence-corrected chi connectivity index (χ1v) is 13.7. The predicted octanol–water partition coefficient (Wildman–Crippen LogP) is 4.79. The molecule has 3 aromatic carbocycles. The molecule has 39 heavy (non-hydrogen) atoms. The number of piperidine rings is 1. The molecule has 7 nitrogen and oxygen atoms in total. The van der Waals surface area contributed by atoms with Gasteiger partial charge in [0.25, 0.3) is 5.91 Å². The average Bonchev–Trinajstić information content (AvgIpc) is 3.22. The van der Waals surface area contributed by atoms with Gasteiger partial charge in [-0.05, 0) is 56.0 Å². The SMILES string of the molecule is CCC(C(=O)N1CCC2(CC1)C(=O)N(CC(=O)Nc1ccc(C)cc1)CN2c1ccccc1)c1ccccc1. The Morgan fingerprint density at radius 2 is 1.51 bits per heavy atom. The monoisotopic (exact) mass is 524 g/mol. The Bertz CT molecular complexity index is 1300. The second kappa shape index (κ2) is 11.3. The van der Waals surface area contributed by atoms with E-state index in [2.05, 4.69) is 10.2 Å². The van der Waals surface area contributed by atoms with Crippen LogP contribution < -0.4 is 10.2 Å². The fraction of sp³-hybridized carbons (Fsp3) is 0.344. The van der Waals surface area contributed by atoms with E-state index in [9.17, 15) is 14.4 Å². The van der Waals surface area contributed by atoms with Crippen molar-refractivity contribution >= 4 is 29.1 Å². The Labute approximate surface area is 230 Å². The number of nitrogens with zero attached hydrogens (tertiary/aromatic N) is 3. The first kappa shape index (κ1) is 26.5. The number of aryl methyl sites for hydroxylation is 1. The topological polar surface area (TPSA) is 73.0 Å². The minimum Gasteiger partial charge on any atom is -0.342 e. The molecule has 2 aliphatic rings.